The molecule has 1 aliphatic rings. The van der Waals surface area contributed by atoms with Crippen molar-refractivity contribution in [3.8, 4) is 0 Å². The van der Waals surface area contributed by atoms with E-state index in [1.165, 1.54) is 9.70 Å². The van der Waals surface area contributed by atoms with Crippen LogP contribution in [0.15, 0.2) is 6.20 Å². The zero-order valence-corrected chi connectivity index (χ0v) is 10.9. The summed E-state index contributed by atoms with van der Waals surface area (Å²) in [6, 6.07) is -0.138. The molecule has 19 heavy (non-hydrogen) atoms. The molecule has 104 valence electrons. The van der Waals surface area contributed by atoms with Crippen LogP contribution in [0, 0.1) is 10.1 Å². The summed E-state index contributed by atoms with van der Waals surface area (Å²) in [7, 11) is 0. The van der Waals surface area contributed by atoms with Crippen molar-refractivity contribution in [2.24, 2.45) is 0 Å². The number of carbonyl (C=O) groups is 1. The summed E-state index contributed by atoms with van der Waals surface area (Å²) in [5.74, 6) is -0.296. The number of aromatic nitrogens is 3. The third kappa shape index (κ3) is 2.98. The minimum atomic E-state index is -0.603. The normalized spacial score (nSPS) is 16.1. The summed E-state index contributed by atoms with van der Waals surface area (Å²) in [4.78, 5) is 24.3. The quantitative estimate of drug-likeness (QED) is 0.585. The number of likely N-dealkylation sites (tertiary alicyclic amines) is 1. The van der Waals surface area contributed by atoms with E-state index in [2.05, 4.69) is 10.2 Å². The molecule has 0 unspecified atom stereocenters. The minimum Gasteiger partial charge on any atom is -0.444 e. The molecule has 1 aromatic rings. The Morgan fingerprint density at radius 3 is 2.63 bits per heavy atom. The van der Waals surface area contributed by atoms with Gasteiger partial charge in [0.1, 0.15) is 11.6 Å². The molecule has 0 spiro atoms. The Labute approximate surface area is 109 Å². The van der Waals surface area contributed by atoms with E-state index < -0.39 is 16.6 Å². The molecule has 0 radical (unpaired) electrons. The molecule has 1 aromatic heterocycles. The van der Waals surface area contributed by atoms with Crippen molar-refractivity contribution in [2.45, 2.75) is 32.4 Å². The lowest BCUT2D eigenvalue weighted by Gasteiger charge is -2.37. The molecule has 0 N–H and O–H groups in total. The van der Waals surface area contributed by atoms with Gasteiger partial charge < -0.3 is 19.8 Å². The van der Waals surface area contributed by atoms with Gasteiger partial charge in [0.25, 0.3) is 0 Å². The summed E-state index contributed by atoms with van der Waals surface area (Å²) in [6.45, 7) is 6.16. The zero-order valence-electron chi connectivity index (χ0n) is 10.9. The van der Waals surface area contributed by atoms with Gasteiger partial charge in [0.2, 0.25) is 0 Å². The Kier molecular flexibility index (Phi) is 3.13. The molecule has 1 amide bonds. The number of hydrogen-bond donors (Lipinski definition) is 0. The first-order chi connectivity index (χ1) is 8.76. The standard InChI is InChI=1S/C10H15N5O4/c1-10(2,3)19-9(16)13-5-7(6-13)14-11-4-8(12-14)15(17)18/h4,7H,5-6H2,1-3H3. The van der Waals surface area contributed by atoms with Crippen LogP contribution in [0.2, 0.25) is 0 Å². The summed E-state index contributed by atoms with van der Waals surface area (Å²) in [5.41, 5.74) is -0.537. The summed E-state index contributed by atoms with van der Waals surface area (Å²) in [6.07, 6.45) is 0.696. The van der Waals surface area contributed by atoms with Crippen molar-refractivity contribution in [1.82, 2.24) is 19.9 Å². The van der Waals surface area contributed by atoms with Gasteiger partial charge >= 0.3 is 11.9 Å². The highest BCUT2D eigenvalue weighted by Gasteiger charge is 2.37. The largest absolute Gasteiger partial charge is 0.444 e. The second-order valence-electron chi connectivity index (χ2n) is 5.32. The van der Waals surface area contributed by atoms with Crippen molar-refractivity contribution in [3.05, 3.63) is 16.3 Å². The second-order valence-corrected chi connectivity index (χ2v) is 5.32. The Hall–Kier alpha value is -2.19. The van der Waals surface area contributed by atoms with E-state index >= 15 is 0 Å². The predicted octanol–water partition coefficient (Wildman–Crippen LogP) is 0.978. The number of carbonyl (C=O) groups excluding carboxylic acids is 1. The van der Waals surface area contributed by atoms with Crippen molar-refractivity contribution in [1.29, 1.82) is 0 Å². The molecule has 1 aliphatic heterocycles. The number of amides is 1. The summed E-state index contributed by atoms with van der Waals surface area (Å²) in [5, 5.41) is 18.0. The molecule has 0 saturated carbocycles. The fourth-order valence-electron chi connectivity index (χ4n) is 1.60. The first-order valence-corrected chi connectivity index (χ1v) is 5.80. The molecule has 2 rings (SSSR count). The molecule has 9 nitrogen and oxygen atoms in total. The van der Waals surface area contributed by atoms with Crippen molar-refractivity contribution in [2.75, 3.05) is 13.1 Å². The predicted molar refractivity (Wildman–Crippen MR) is 63.5 cm³/mol. The van der Waals surface area contributed by atoms with Gasteiger partial charge in [-0.15, -0.1) is 5.10 Å². The smallest absolute Gasteiger partial charge is 0.410 e. The number of hydrogen-bond acceptors (Lipinski definition) is 6. The molecular formula is C10H15N5O4. The SMILES string of the molecule is CC(C)(C)OC(=O)N1CC(n2ncc([N+](=O)[O-])n2)C1. The number of nitrogens with zero attached hydrogens (tertiary/aromatic N) is 5. The third-order valence-electron chi connectivity index (χ3n) is 2.52. The van der Waals surface area contributed by atoms with Crippen LogP contribution in [-0.4, -0.2) is 49.6 Å². The maximum Gasteiger partial charge on any atom is 0.410 e. The molecular weight excluding hydrogens is 254 g/mol. The molecule has 9 heteroatoms. The fraction of sp³-hybridized carbons (Fsp3) is 0.700. The Balaban J connectivity index is 1.89. The van der Waals surface area contributed by atoms with Crippen molar-refractivity contribution >= 4 is 11.9 Å². The van der Waals surface area contributed by atoms with Gasteiger partial charge in [-0.3, -0.25) is 0 Å². The van der Waals surface area contributed by atoms with Crippen LogP contribution in [0.3, 0.4) is 0 Å². The highest BCUT2D eigenvalue weighted by Crippen LogP contribution is 2.23. The van der Waals surface area contributed by atoms with E-state index in [0.29, 0.717) is 13.1 Å². The Morgan fingerprint density at radius 2 is 2.16 bits per heavy atom. The number of nitro groups is 1. The van der Waals surface area contributed by atoms with E-state index in [9.17, 15) is 14.9 Å². The van der Waals surface area contributed by atoms with E-state index in [-0.39, 0.29) is 11.9 Å². The van der Waals surface area contributed by atoms with Gasteiger partial charge in [0.05, 0.1) is 18.2 Å². The van der Waals surface area contributed by atoms with Crippen LogP contribution in [-0.2, 0) is 4.74 Å². The van der Waals surface area contributed by atoms with Gasteiger partial charge in [0.15, 0.2) is 6.20 Å². The van der Waals surface area contributed by atoms with E-state index in [1.54, 1.807) is 20.8 Å². The Bertz CT molecular complexity index is 500. The first-order valence-electron chi connectivity index (χ1n) is 5.80. The van der Waals surface area contributed by atoms with E-state index in [1.807, 2.05) is 0 Å². The average molecular weight is 269 g/mol. The summed E-state index contributed by atoms with van der Waals surface area (Å²) < 4.78 is 5.20. The average Bonchev–Trinajstić information content (AvgIpc) is 2.61. The van der Waals surface area contributed by atoms with Gasteiger partial charge in [0, 0.05) is 0 Å². The fourth-order valence-corrected chi connectivity index (χ4v) is 1.60. The molecule has 0 aromatic carbocycles. The highest BCUT2D eigenvalue weighted by molar-refractivity contribution is 5.69. The first kappa shape index (κ1) is 13.2. The molecule has 1 saturated heterocycles. The van der Waals surface area contributed by atoms with Gasteiger partial charge in [-0.25, -0.2) is 4.79 Å². The lowest BCUT2D eigenvalue weighted by atomic mass is 10.1. The third-order valence-corrected chi connectivity index (χ3v) is 2.52. The van der Waals surface area contributed by atoms with Crippen LogP contribution in [0.4, 0.5) is 10.6 Å². The van der Waals surface area contributed by atoms with E-state index in [4.69, 9.17) is 4.74 Å². The maximum absolute atomic E-state index is 11.7. The monoisotopic (exact) mass is 269 g/mol. The van der Waals surface area contributed by atoms with Crippen LogP contribution >= 0.6 is 0 Å². The maximum atomic E-state index is 11.7. The zero-order chi connectivity index (χ0) is 14.2. The molecule has 0 aliphatic carbocycles. The van der Waals surface area contributed by atoms with Crippen LogP contribution in [0.1, 0.15) is 26.8 Å². The van der Waals surface area contributed by atoms with E-state index in [0.717, 1.165) is 6.20 Å². The van der Waals surface area contributed by atoms with Crippen LogP contribution in [0.25, 0.3) is 0 Å². The lowest BCUT2D eigenvalue weighted by molar-refractivity contribution is -0.389. The molecule has 1 fully saturated rings. The second kappa shape index (κ2) is 4.48. The molecule has 2 heterocycles. The molecule has 0 atom stereocenters. The topological polar surface area (TPSA) is 103 Å². The van der Waals surface area contributed by atoms with Gasteiger partial charge in [-0.05, 0) is 25.7 Å². The summed E-state index contributed by atoms with van der Waals surface area (Å²) >= 11 is 0. The van der Waals surface area contributed by atoms with Crippen molar-refractivity contribution in [3.63, 3.8) is 0 Å². The lowest BCUT2D eigenvalue weighted by Crippen LogP contribution is -2.52. The van der Waals surface area contributed by atoms with Crippen LogP contribution in [0.5, 0.6) is 0 Å². The Morgan fingerprint density at radius 1 is 1.53 bits per heavy atom. The van der Waals surface area contributed by atoms with Crippen LogP contribution < -0.4 is 0 Å². The molecule has 0 bridgehead atoms. The van der Waals surface area contributed by atoms with Gasteiger partial charge in [-0.2, -0.15) is 0 Å². The number of rotatable bonds is 2. The number of ether oxygens (including phenoxy) is 1. The van der Waals surface area contributed by atoms with Crippen molar-refractivity contribution < 1.29 is 14.5 Å². The highest BCUT2D eigenvalue weighted by atomic mass is 16.6. The van der Waals surface area contributed by atoms with Gasteiger partial charge in [-0.1, -0.05) is 4.80 Å². The minimum absolute atomic E-state index is 0.138.